The third-order valence-corrected chi connectivity index (χ3v) is 1.94. The van der Waals surface area contributed by atoms with Gasteiger partial charge in [0.25, 0.3) is 0 Å². The zero-order valence-electron chi connectivity index (χ0n) is 7.23. The van der Waals surface area contributed by atoms with Crippen LogP contribution < -0.4 is 5.73 Å². The molecule has 0 saturated carbocycles. The molecule has 2 aromatic rings. The van der Waals surface area contributed by atoms with Gasteiger partial charge in [0.2, 0.25) is 0 Å². The molecule has 1 heterocycles. The van der Waals surface area contributed by atoms with Gasteiger partial charge in [-0.1, -0.05) is 6.07 Å². The number of oxazole rings is 1. The number of aromatic nitrogens is 1. The van der Waals surface area contributed by atoms with Crippen LogP contribution in [0.2, 0.25) is 0 Å². The molecule has 0 aliphatic rings. The molecule has 2 rings (SSSR count). The van der Waals surface area contributed by atoms with Crippen molar-refractivity contribution >= 4 is 11.1 Å². The lowest BCUT2D eigenvalue weighted by molar-refractivity contribution is 0.109. The first-order valence-electron chi connectivity index (χ1n) is 3.93. The molecule has 0 aliphatic carbocycles. The van der Waals surface area contributed by atoms with Crippen molar-refractivity contribution in [1.29, 1.82) is 0 Å². The van der Waals surface area contributed by atoms with E-state index in [0.717, 1.165) is 16.7 Å². The Hall–Kier alpha value is -1.39. The minimum absolute atomic E-state index is 0.408. The van der Waals surface area contributed by atoms with Crippen LogP contribution in [-0.4, -0.2) is 12.1 Å². The van der Waals surface area contributed by atoms with Crippen molar-refractivity contribution < 1.29 is 9.15 Å². The summed E-state index contributed by atoms with van der Waals surface area (Å²) in [6.07, 6.45) is 1.00. The van der Waals surface area contributed by atoms with Gasteiger partial charge in [0.1, 0.15) is 11.7 Å². The molecule has 0 saturated heterocycles. The van der Waals surface area contributed by atoms with Crippen LogP contribution in [-0.2, 0) is 4.74 Å². The highest BCUT2D eigenvalue weighted by atomic mass is 16.5. The Bertz CT molecular complexity index is 411. The third kappa shape index (κ3) is 1.41. The van der Waals surface area contributed by atoms with E-state index in [1.807, 2.05) is 18.2 Å². The van der Waals surface area contributed by atoms with Crippen molar-refractivity contribution in [3.05, 3.63) is 30.2 Å². The van der Waals surface area contributed by atoms with E-state index in [9.17, 15) is 0 Å². The number of hydrogen-bond acceptors (Lipinski definition) is 4. The van der Waals surface area contributed by atoms with Crippen LogP contribution in [0.5, 0.6) is 0 Å². The van der Waals surface area contributed by atoms with Crippen molar-refractivity contribution in [2.45, 2.75) is 6.23 Å². The second-order valence-electron chi connectivity index (χ2n) is 2.74. The molecule has 4 nitrogen and oxygen atoms in total. The van der Waals surface area contributed by atoms with Crippen molar-refractivity contribution in [3.63, 3.8) is 0 Å². The van der Waals surface area contributed by atoms with E-state index >= 15 is 0 Å². The van der Waals surface area contributed by atoms with Crippen LogP contribution in [0.1, 0.15) is 11.8 Å². The van der Waals surface area contributed by atoms with E-state index in [-0.39, 0.29) is 0 Å². The highest BCUT2D eigenvalue weighted by Crippen LogP contribution is 2.18. The van der Waals surface area contributed by atoms with Gasteiger partial charge in [-0.25, -0.2) is 4.98 Å². The van der Waals surface area contributed by atoms with Gasteiger partial charge in [-0.05, 0) is 17.7 Å². The highest BCUT2D eigenvalue weighted by molar-refractivity contribution is 5.72. The minimum Gasteiger partial charge on any atom is -0.443 e. The first-order valence-corrected chi connectivity index (χ1v) is 3.93. The molecule has 0 amide bonds. The standard InChI is InChI=1S/C9H10N2O2/c1-12-9(10)6-2-3-7-8(4-6)13-5-11-7/h2-5,9H,10H2,1H3. The number of ether oxygens (including phenoxy) is 1. The van der Waals surface area contributed by atoms with Crippen molar-refractivity contribution in [3.8, 4) is 0 Å². The number of nitrogens with zero attached hydrogens (tertiary/aromatic N) is 1. The maximum Gasteiger partial charge on any atom is 0.181 e. The van der Waals surface area contributed by atoms with Crippen molar-refractivity contribution in [2.75, 3.05) is 7.11 Å². The predicted molar refractivity (Wildman–Crippen MR) is 47.9 cm³/mol. The van der Waals surface area contributed by atoms with E-state index in [0.29, 0.717) is 0 Å². The molecule has 1 atom stereocenters. The molecule has 13 heavy (non-hydrogen) atoms. The second kappa shape index (κ2) is 3.16. The maximum atomic E-state index is 5.67. The van der Waals surface area contributed by atoms with Gasteiger partial charge in [-0.3, -0.25) is 0 Å². The Labute approximate surface area is 75.3 Å². The molecule has 0 radical (unpaired) electrons. The number of benzene rings is 1. The molecule has 1 aromatic carbocycles. The Kier molecular flexibility index (Phi) is 2.00. The third-order valence-electron chi connectivity index (χ3n) is 1.94. The largest absolute Gasteiger partial charge is 0.443 e. The van der Waals surface area contributed by atoms with Crippen molar-refractivity contribution in [2.24, 2.45) is 5.73 Å². The monoisotopic (exact) mass is 178 g/mol. The normalized spacial score (nSPS) is 13.4. The smallest absolute Gasteiger partial charge is 0.181 e. The molecular weight excluding hydrogens is 168 g/mol. The molecule has 0 aliphatic heterocycles. The van der Waals surface area contributed by atoms with E-state index in [4.69, 9.17) is 14.9 Å². The Balaban J connectivity index is 2.48. The zero-order chi connectivity index (χ0) is 9.26. The highest BCUT2D eigenvalue weighted by Gasteiger charge is 2.06. The van der Waals surface area contributed by atoms with Crippen molar-refractivity contribution in [1.82, 2.24) is 4.98 Å². The van der Waals surface area contributed by atoms with E-state index in [1.54, 1.807) is 7.11 Å². The summed E-state index contributed by atoms with van der Waals surface area (Å²) in [5, 5.41) is 0. The van der Waals surface area contributed by atoms with Gasteiger partial charge in [0.15, 0.2) is 12.0 Å². The number of fused-ring (bicyclic) bond motifs is 1. The van der Waals surface area contributed by atoms with Gasteiger partial charge in [-0.2, -0.15) is 0 Å². The Morgan fingerprint density at radius 1 is 1.54 bits per heavy atom. The van der Waals surface area contributed by atoms with Gasteiger partial charge >= 0.3 is 0 Å². The van der Waals surface area contributed by atoms with Crippen LogP contribution in [0.4, 0.5) is 0 Å². The fourth-order valence-electron chi connectivity index (χ4n) is 1.18. The lowest BCUT2D eigenvalue weighted by Crippen LogP contribution is -2.11. The van der Waals surface area contributed by atoms with Crippen LogP contribution in [0.15, 0.2) is 29.0 Å². The van der Waals surface area contributed by atoms with Gasteiger partial charge in [0, 0.05) is 7.11 Å². The molecular formula is C9H10N2O2. The maximum absolute atomic E-state index is 5.67. The summed E-state index contributed by atoms with van der Waals surface area (Å²) in [6.45, 7) is 0. The molecule has 4 heteroatoms. The summed E-state index contributed by atoms with van der Waals surface area (Å²) >= 11 is 0. The molecule has 68 valence electrons. The van der Waals surface area contributed by atoms with E-state index in [2.05, 4.69) is 4.98 Å². The van der Waals surface area contributed by atoms with Crippen LogP contribution in [0, 0.1) is 0 Å². The fraction of sp³-hybridized carbons (Fsp3) is 0.222. The summed E-state index contributed by atoms with van der Waals surface area (Å²) in [6, 6.07) is 5.56. The van der Waals surface area contributed by atoms with Gasteiger partial charge < -0.3 is 14.9 Å². The second-order valence-corrected chi connectivity index (χ2v) is 2.74. The predicted octanol–water partition coefficient (Wildman–Crippen LogP) is 1.43. The number of rotatable bonds is 2. The number of hydrogen-bond donors (Lipinski definition) is 1. The average Bonchev–Trinajstić information content (AvgIpc) is 2.63. The topological polar surface area (TPSA) is 61.3 Å². The average molecular weight is 178 g/mol. The lowest BCUT2D eigenvalue weighted by atomic mass is 10.2. The van der Waals surface area contributed by atoms with Crippen LogP contribution in [0.25, 0.3) is 11.1 Å². The number of methoxy groups -OCH3 is 1. The fourth-order valence-corrected chi connectivity index (χ4v) is 1.18. The quantitative estimate of drug-likeness (QED) is 0.706. The SMILES string of the molecule is COC(N)c1ccc2ncoc2c1. The van der Waals surface area contributed by atoms with Gasteiger partial charge in [0.05, 0.1) is 0 Å². The minimum atomic E-state index is -0.408. The molecule has 0 spiro atoms. The molecule has 1 unspecified atom stereocenters. The molecule has 0 bridgehead atoms. The van der Waals surface area contributed by atoms with E-state index < -0.39 is 6.23 Å². The number of nitrogens with two attached hydrogens (primary N) is 1. The summed E-state index contributed by atoms with van der Waals surface area (Å²) in [7, 11) is 1.56. The first-order chi connectivity index (χ1) is 6.31. The van der Waals surface area contributed by atoms with Crippen LogP contribution >= 0.6 is 0 Å². The first kappa shape index (κ1) is 8.22. The van der Waals surface area contributed by atoms with Gasteiger partial charge in [-0.15, -0.1) is 0 Å². The summed E-state index contributed by atoms with van der Waals surface area (Å²) in [5.74, 6) is 0. The molecule has 0 fully saturated rings. The van der Waals surface area contributed by atoms with Crippen LogP contribution in [0.3, 0.4) is 0 Å². The zero-order valence-corrected chi connectivity index (χ0v) is 7.23. The Morgan fingerprint density at radius 2 is 2.38 bits per heavy atom. The molecule has 1 aromatic heterocycles. The molecule has 2 N–H and O–H groups in total. The summed E-state index contributed by atoms with van der Waals surface area (Å²) in [5.41, 5.74) is 8.10. The van der Waals surface area contributed by atoms with E-state index in [1.165, 1.54) is 6.39 Å². The Morgan fingerprint density at radius 3 is 3.15 bits per heavy atom. The summed E-state index contributed by atoms with van der Waals surface area (Å²) in [4.78, 5) is 4.00. The lowest BCUT2D eigenvalue weighted by Gasteiger charge is -2.08. The summed E-state index contributed by atoms with van der Waals surface area (Å²) < 4.78 is 10.1.